The van der Waals surface area contributed by atoms with E-state index in [2.05, 4.69) is 5.32 Å². The third-order valence-electron chi connectivity index (χ3n) is 4.40. The molecule has 0 aliphatic carbocycles. The molecule has 0 bridgehead atoms. The second kappa shape index (κ2) is 8.38. The molecule has 0 radical (unpaired) electrons. The molecule has 3 rings (SSSR count). The molecule has 1 saturated heterocycles. The van der Waals surface area contributed by atoms with Crippen LogP contribution >= 0.6 is 0 Å². The van der Waals surface area contributed by atoms with Crippen molar-refractivity contribution in [3.05, 3.63) is 65.7 Å². The lowest BCUT2D eigenvalue weighted by Gasteiger charge is -2.31. The first kappa shape index (κ1) is 17.8. The summed E-state index contributed by atoms with van der Waals surface area (Å²) in [7, 11) is 0. The zero-order valence-electron chi connectivity index (χ0n) is 14.4. The molecular formula is C20H22N2O4. The minimum absolute atomic E-state index is 0.00280. The van der Waals surface area contributed by atoms with Gasteiger partial charge < -0.3 is 20.1 Å². The molecule has 0 unspecified atom stereocenters. The Labute approximate surface area is 152 Å². The minimum atomic E-state index is -0.327. The Kier molecular flexibility index (Phi) is 5.73. The number of nitrogens with one attached hydrogen (secondary N) is 1. The highest BCUT2D eigenvalue weighted by atomic mass is 16.6. The van der Waals surface area contributed by atoms with Gasteiger partial charge in [0.05, 0.1) is 0 Å². The van der Waals surface area contributed by atoms with Gasteiger partial charge in [-0.15, -0.1) is 0 Å². The van der Waals surface area contributed by atoms with E-state index in [1.54, 1.807) is 17.0 Å². The first-order valence-corrected chi connectivity index (χ1v) is 8.67. The van der Waals surface area contributed by atoms with Crippen LogP contribution in [0.5, 0.6) is 5.75 Å². The van der Waals surface area contributed by atoms with Gasteiger partial charge in [-0.1, -0.05) is 36.4 Å². The number of likely N-dealkylation sites (tertiary alicyclic amines) is 1. The Bertz CT molecular complexity index is 755. The molecule has 0 spiro atoms. The smallest absolute Gasteiger partial charge is 0.410 e. The molecule has 1 aliphatic rings. The molecule has 0 aromatic heterocycles. The summed E-state index contributed by atoms with van der Waals surface area (Å²) in [5.74, 6) is -0.153. The summed E-state index contributed by atoms with van der Waals surface area (Å²) in [6.07, 6.45) is 1.02. The number of piperidine rings is 1. The Morgan fingerprint density at radius 2 is 1.81 bits per heavy atom. The predicted octanol–water partition coefficient (Wildman–Crippen LogP) is 2.92. The normalized spacial score (nSPS) is 14.7. The van der Waals surface area contributed by atoms with Crippen LogP contribution in [-0.2, 0) is 11.3 Å². The van der Waals surface area contributed by atoms with Crippen molar-refractivity contribution >= 4 is 12.0 Å². The van der Waals surface area contributed by atoms with Gasteiger partial charge in [-0.3, -0.25) is 4.79 Å². The summed E-state index contributed by atoms with van der Waals surface area (Å²) < 4.78 is 5.34. The SMILES string of the molecule is O=C(NC1CCN(C(=O)OCc2ccccc2)CC1)c1cccc(O)c1. The van der Waals surface area contributed by atoms with Crippen LogP contribution < -0.4 is 5.32 Å². The molecule has 1 aliphatic heterocycles. The van der Waals surface area contributed by atoms with E-state index in [1.807, 2.05) is 30.3 Å². The molecule has 2 aromatic carbocycles. The van der Waals surface area contributed by atoms with Gasteiger partial charge in [0.15, 0.2) is 0 Å². The maximum Gasteiger partial charge on any atom is 0.410 e. The van der Waals surface area contributed by atoms with Gasteiger partial charge in [-0.05, 0) is 36.6 Å². The van der Waals surface area contributed by atoms with E-state index in [0.29, 0.717) is 31.5 Å². The topological polar surface area (TPSA) is 78.9 Å². The molecule has 0 saturated carbocycles. The fourth-order valence-electron chi connectivity index (χ4n) is 2.93. The number of hydrogen-bond donors (Lipinski definition) is 2. The lowest BCUT2D eigenvalue weighted by molar-refractivity contribution is 0.0809. The van der Waals surface area contributed by atoms with Crippen LogP contribution in [0.4, 0.5) is 4.79 Å². The Balaban J connectivity index is 1.43. The fourth-order valence-corrected chi connectivity index (χ4v) is 2.93. The number of phenols is 1. The van der Waals surface area contributed by atoms with E-state index in [9.17, 15) is 14.7 Å². The quantitative estimate of drug-likeness (QED) is 0.885. The van der Waals surface area contributed by atoms with Crippen molar-refractivity contribution in [2.75, 3.05) is 13.1 Å². The van der Waals surface area contributed by atoms with Gasteiger partial charge in [0.25, 0.3) is 5.91 Å². The van der Waals surface area contributed by atoms with Crippen molar-refractivity contribution < 1.29 is 19.4 Å². The average molecular weight is 354 g/mol. The number of phenolic OH excluding ortho intramolecular Hbond substituents is 1. The number of carbonyl (C=O) groups is 2. The van der Waals surface area contributed by atoms with E-state index in [1.165, 1.54) is 12.1 Å². The summed E-state index contributed by atoms with van der Waals surface area (Å²) in [4.78, 5) is 26.0. The predicted molar refractivity (Wildman–Crippen MR) is 96.8 cm³/mol. The number of aromatic hydroxyl groups is 1. The summed E-state index contributed by atoms with van der Waals surface area (Å²) in [6, 6.07) is 15.8. The van der Waals surface area contributed by atoms with Gasteiger partial charge in [0.2, 0.25) is 0 Å². The average Bonchev–Trinajstić information content (AvgIpc) is 2.67. The van der Waals surface area contributed by atoms with Gasteiger partial charge in [-0.25, -0.2) is 4.79 Å². The van der Waals surface area contributed by atoms with E-state index in [-0.39, 0.29) is 30.4 Å². The van der Waals surface area contributed by atoms with Crippen LogP contribution in [0.2, 0.25) is 0 Å². The highest BCUT2D eigenvalue weighted by Crippen LogP contribution is 2.15. The molecule has 2 aromatic rings. The molecule has 26 heavy (non-hydrogen) atoms. The molecule has 6 heteroatoms. The molecule has 0 atom stereocenters. The zero-order chi connectivity index (χ0) is 18.4. The van der Waals surface area contributed by atoms with E-state index < -0.39 is 0 Å². The Morgan fingerprint density at radius 3 is 2.50 bits per heavy atom. The molecule has 6 nitrogen and oxygen atoms in total. The second-order valence-corrected chi connectivity index (χ2v) is 6.33. The largest absolute Gasteiger partial charge is 0.508 e. The first-order chi connectivity index (χ1) is 12.6. The van der Waals surface area contributed by atoms with Gasteiger partial charge >= 0.3 is 6.09 Å². The van der Waals surface area contributed by atoms with Crippen molar-refractivity contribution in [3.63, 3.8) is 0 Å². The van der Waals surface area contributed by atoms with E-state index in [0.717, 1.165) is 5.56 Å². The minimum Gasteiger partial charge on any atom is -0.508 e. The Morgan fingerprint density at radius 1 is 1.08 bits per heavy atom. The number of benzene rings is 2. The molecule has 2 N–H and O–H groups in total. The van der Waals surface area contributed by atoms with Crippen molar-refractivity contribution in [2.24, 2.45) is 0 Å². The standard InChI is InChI=1S/C20H22N2O4/c23-18-8-4-7-16(13-18)19(24)21-17-9-11-22(12-10-17)20(25)26-14-15-5-2-1-3-6-15/h1-8,13,17,23H,9-12,14H2,(H,21,24). The third kappa shape index (κ3) is 4.75. The summed E-state index contributed by atoms with van der Waals surface area (Å²) in [5, 5.41) is 12.4. The number of amides is 2. The number of hydrogen-bond acceptors (Lipinski definition) is 4. The highest BCUT2D eigenvalue weighted by Gasteiger charge is 2.25. The van der Waals surface area contributed by atoms with Crippen LogP contribution in [0, 0.1) is 0 Å². The van der Waals surface area contributed by atoms with Gasteiger partial charge in [-0.2, -0.15) is 0 Å². The van der Waals surface area contributed by atoms with Crippen molar-refractivity contribution in [2.45, 2.75) is 25.5 Å². The number of nitrogens with zero attached hydrogens (tertiary/aromatic N) is 1. The van der Waals surface area contributed by atoms with Crippen LogP contribution in [0.25, 0.3) is 0 Å². The first-order valence-electron chi connectivity index (χ1n) is 8.67. The van der Waals surface area contributed by atoms with Crippen molar-refractivity contribution in [1.82, 2.24) is 10.2 Å². The van der Waals surface area contributed by atoms with Crippen LogP contribution in [0.3, 0.4) is 0 Å². The number of ether oxygens (including phenoxy) is 1. The molecule has 2 amide bonds. The summed E-state index contributed by atoms with van der Waals surface area (Å²) >= 11 is 0. The van der Waals surface area contributed by atoms with E-state index >= 15 is 0 Å². The monoisotopic (exact) mass is 354 g/mol. The molecular weight excluding hydrogens is 332 g/mol. The Hall–Kier alpha value is -3.02. The lowest BCUT2D eigenvalue weighted by Crippen LogP contribution is -2.46. The molecule has 1 fully saturated rings. The van der Waals surface area contributed by atoms with Crippen molar-refractivity contribution in [1.29, 1.82) is 0 Å². The van der Waals surface area contributed by atoms with Crippen LogP contribution in [0.1, 0.15) is 28.8 Å². The van der Waals surface area contributed by atoms with Gasteiger partial charge in [0, 0.05) is 24.7 Å². The molecule has 136 valence electrons. The van der Waals surface area contributed by atoms with Crippen molar-refractivity contribution in [3.8, 4) is 5.75 Å². The van der Waals surface area contributed by atoms with Crippen LogP contribution in [0.15, 0.2) is 54.6 Å². The lowest BCUT2D eigenvalue weighted by atomic mass is 10.0. The third-order valence-corrected chi connectivity index (χ3v) is 4.40. The highest BCUT2D eigenvalue weighted by molar-refractivity contribution is 5.94. The fraction of sp³-hybridized carbons (Fsp3) is 0.300. The van der Waals surface area contributed by atoms with E-state index in [4.69, 9.17) is 4.74 Å². The van der Waals surface area contributed by atoms with Crippen LogP contribution in [-0.4, -0.2) is 41.1 Å². The number of rotatable bonds is 4. The number of carbonyl (C=O) groups excluding carboxylic acids is 2. The zero-order valence-corrected chi connectivity index (χ0v) is 14.4. The maximum atomic E-state index is 12.2. The summed E-state index contributed by atoms with van der Waals surface area (Å²) in [6.45, 7) is 1.34. The molecule has 1 heterocycles. The summed E-state index contributed by atoms with van der Waals surface area (Å²) in [5.41, 5.74) is 1.38. The second-order valence-electron chi connectivity index (χ2n) is 6.33. The maximum absolute atomic E-state index is 12.2. The van der Waals surface area contributed by atoms with Gasteiger partial charge in [0.1, 0.15) is 12.4 Å².